The highest BCUT2D eigenvalue weighted by Crippen LogP contribution is 2.23. The SMILES string of the molecule is CN(C(=O)c1ccc(Br)o1)c1ccccc1C(=O)NCc1ccnc(-n2cccn2)c1. The molecule has 4 rings (SSSR count). The average molecular weight is 480 g/mol. The minimum atomic E-state index is -0.357. The Labute approximate surface area is 186 Å². The maximum Gasteiger partial charge on any atom is 0.293 e. The summed E-state index contributed by atoms with van der Waals surface area (Å²) in [6, 6.07) is 15.6. The summed E-state index contributed by atoms with van der Waals surface area (Å²) in [7, 11) is 1.60. The van der Waals surface area contributed by atoms with Gasteiger partial charge in [0.05, 0.1) is 11.3 Å². The Morgan fingerprint density at radius 3 is 2.71 bits per heavy atom. The molecule has 3 aromatic heterocycles. The molecule has 0 aliphatic carbocycles. The lowest BCUT2D eigenvalue weighted by molar-refractivity contribution is 0.0951. The number of hydrogen-bond acceptors (Lipinski definition) is 5. The van der Waals surface area contributed by atoms with E-state index in [-0.39, 0.29) is 17.6 Å². The Hall–Kier alpha value is -3.72. The van der Waals surface area contributed by atoms with Crippen molar-refractivity contribution in [3.8, 4) is 5.82 Å². The minimum Gasteiger partial charge on any atom is -0.444 e. The van der Waals surface area contributed by atoms with Gasteiger partial charge in [0.25, 0.3) is 11.8 Å². The van der Waals surface area contributed by atoms with Crippen LogP contribution in [0.2, 0.25) is 0 Å². The summed E-state index contributed by atoms with van der Waals surface area (Å²) < 4.78 is 7.45. The smallest absolute Gasteiger partial charge is 0.293 e. The first-order valence-electron chi connectivity index (χ1n) is 9.38. The molecule has 0 atom stereocenters. The standard InChI is InChI=1S/C22H18BrN5O3/c1-27(22(30)18-7-8-19(23)31-18)17-6-3-2-5-16(17)21(29)25-14-15-9-11-24-20(13-15)28-12-4-10-26-28/h2-13H,14H2,1H3,(H,25,29). The van der Waals surface area contributed by atoms with E-state index in [1.54, 1.807) is 66.7 Å². The first-order valence-corrected chi connectivity index (χ1v) is 10.2. The Balaban J connectivity index is 1.50. The van der Waals surface area contributed by atoms with E-state index in [2.05, 4.69) is 31.3 Å². The van der Waals surface area contributed by atoms with Crippen LogP contribution in [0.5, 0.6) is 0 Å². The molecule has 3 heterocycles. The van der Waals surface area contributed by atoms with Crippen molar-refractivity contribution >= 4 is 33.4 Å². The molecule has 0 spiro atoms. The van der Waals surface area contributed by atoms with Crippen LogP contribution in [0, 0.1) is 0 Å². The molecule has 0 radical (unpaired) electrons. The highest BCUT2D eigenvalue weighted by molar-refractivity contribution is 9.10. The number of furan rings is 1. The first kappa shape index (κ1) is 20.5. The van der Waals surface area contributed by atoms with Gasteiger partial charge in [-0.25, -0.2) is 9.67 Å². The second kappa shape index (κ2) is 8.97. The third-order valence-electron chi connectivity index (χ3n) is 4.60. The van der Waals surface area contributed by atoms with Crippen LogP contribution in [0.1, 0.15) is 26.5 Å². The van der Waals surface area contributed by atoms with Crippen molar-refractivity contribution in [1.29, 1.82) is 0 Å². The molecular formula is C22H18BrN5O3. The third kappa shape index (κ3) is 4.56. The van der Waals surface area contributed by atoms with Gasteiger partial charge in [-0.15, -0.1) is 0 Å². The second-order valence-electron chi connectivity index (χ2n) is 6.64. The van der Waals surface area contributed by atoms with Gasteiger partial charge in [0.2, 0.25) is 0 Å². The molecule has 1 N–H and O–H groups in total. The molecule has 0 aliphatic heterocycles. The van der Waals surface area contributed by atoms with E-state index in [1.165, 1.54) is 4.90 Å². The summed E-state index contributed by atoms with van der Waals surface area (Å²) in [4.78, 5) is 31.3. The largest absolute Gasteiger partial charge is 0.444 e. The monoisotopic (exact) mass is 479 g/mol. The maximum absolute atomic E-state index is 12.9. The maximum atomic E-state index is 12.9. The Morgan fingerprint density at radius 2 is 1.97 bits per heavy atom. The van der Waals surface area contributed by atoms with Crippen LogP contribution in [0.15, 0.2) is 82.3 Å². The Morgan fingerprint density at radius 1 is 1.13 bits per heavy atom. The van der Waals surface area contributed by atoms with Gasteiger partial charge in [0.15, 0.2) is 16.2 Å². The molecule has 8 nitrogen and oxygen atoms in total. The minimum absolute atomic E-state index is 0.174. The number of amides is 2. The van der Waals surface area contributed by atoms with Crippen molar-refractivity contribution in [2.24, 2.45) is 0 Å². The number of aromatic nitrogens is 3. The molecule has 4 aromatic rings. The zero-order valence-corrected chi connectivity index (χ0v) is 18.1. The molecule has 31 heavy (non-hydrogen) atoms. The summed E-state index contributed by atoms with van der Waals surface area (Å²) in [6.07, 6.45) is 5.14. The Kier molecular flexibility index (Phi) is 5.94. The lowest BCUT2D eigenvalue weighted by Gasteiger charge is -2.19. The van der Waals surface area contributed by atoms with Gasteiger partial charge < -0.3 is 14.6 Å². The second-order valence-corrected chi connectivity index (χ2v) is 7.42. The number of rotatable bonds is 6. The molecule has 2 amide bonds. The van der Waals surface area contributed by atoms with Gasteiger partial charge in [-0.3, -0.25) is 9.59 Å². The van der Waals surface area contributed by atoms with Crippen molar-refractivity contribution in [2.45, 2.75) is 6.54 Å². The molecule has 0 bridgehead atoms. The van der Waals surface area contributed by atoms with Crippen molar-refractivity contribution < 1.29 is 14.0 Å². The van der Waals surface area contributed by atoms with Crippen LogP contribution in [0.4, 0.5) is 5.69 Å². The average Bonchev–Trinajstić information content (AvgIpc) is 3.49. The van der Waals surface area contributed by atoms with Gasteiger partial charge >= 0.3 is 0 Å². The quantitative estimate of drug-likeness (QED) is 0.453. The highest BCUT2D eigenvalue weighted by atomic mass is 79.9. The predicted octanol–water partition coefficient (Wildman–Crippen LogP) is 3.83. The number of pyridine rings is 1. The number of carbonyl (C=O) groups excluding carboxylic acids is 2. The van der Waals surface area contributed by atoms with E-state index < -0.39 is 0 Å². The third-order valence-corrected chi connectivity index (χ3v) is 5.03. The van der Waals surface area contributed by atoms with Gasteiger partial charge in [-0.05, 0) is 64.0 Å². The van der Waals surface area contributed by atoms with E-state index in [0.29, 0.717) is 28.3 Å². The molecule has 0 saturated carbocycles. The van der Waals surface area contributed by atoms with E-state index in [0.717, 1.165) is 5.56 Å². The summed E-state index contributed by atoms with van der Waals surface area (Å²) >= 11 is 3.19. The van der Waals surface area contributed by atoms with Gasteiger partial charge in [0.1, 0.15) is 0 Å². The molecule has 0 unspecified atom stereocenters. The first-order chi connectivity index (χ1) is 15.0. The van der Waals surface area contributed by atoms with Crippen molar-refractivity contribution in [3.05, 3.63) is 94.7 Å². The Bertz CT molecular complexity index is 1220. The molecule has 0 fully saturated rings. The number of para-hydroxylation sites is 1. The van der Waals surface area contributed by atoms with Gasteiger partial charge in [-0.1, -0.05) is 12.1 Å². The van der Waals surface area contributed by atoms with E-state index in [4.69, 9.17) is 4.42 Å². The van der Waals surface area contributed by atoms with E-state index in [1.807, 2.05) is 18.2 Å². The molecule has 0 saturated heterocycles. The van der Waals surface area contributed by atoms with Crippen LogP contribution in [-0.2, 0) is 6.54 Å². The fraction of sp³-hybridized carbons (Fsp3) is 0.0909. The number of hydrogen-bond donors (Lipinski definition) is 1. The normalized spacial score (nSPS) is 10.6. The van der Waals surface area contributed by atoms with Crippen molar-refractivity contribution in [3.63, 3.8) is 0 Å². The molecule has 156 valence electrons. The lowest BCUT2D eigenvalue weighted by atomic mass is 10.1. The fourth-order valence-corrected chi connectivity index (χ4v) is 3.35. The number of nitrogens with one attached hydrogen (secondary N) is 1. The summed E-state index contributed by atoms with van der Waals surface area (Å²) in [5.41, 5.74) is 1.73. The molecule has 9 heteroatoms. The van der Waals surface area contributed by atoms with Crippen LogP contribution < -0.4 is 10.2 Å². The number of benzene rings is 1. The number of nitrogens with zero attached hydrogens (tertiary/aromatic N) is 4. The van der Waals surface area contributed by atoms with Crippen LogP contribution in [0.25, 0.3) is 5.82 Å². The number of carbonyl (C=O) groups is 2. The van der Waals surface area contributed by atoms with E-state index >= 15 is 0 Å². The fourth-order valence-electron chi connectivity index (χ4n) is 3.04. The van der Waals surface area contributed by atoms with Crippen LogP contribution in [-0.4, -0.2) is 33.6 Å². The zero-order valence-electron chi connectivity index (χ0n) is 16.5. The van der Waals surface area contributed by atoms with Crippen molar-refractivity contribution in [2.75, 3.05) is 11.9 Å². The predicted molar refractivity (Wildman–Crippen MR) is 118 cm³/mol. The summed E-state index contributed by atoms with van der Waals surface area (Å²) in [5.74, 6) is 0.178. The van der Waals surface area contributed by atoms with Gasteiger partial charge in [0, 0.05) is 32.2 Å². The highest BCUT2D eigenvalue weighted by Gasteiger charge is 2.21. The zero-order chi connectivity index (χ0) is 21.8. The van der Waals surface area contributed by atoms with E-state index in [9.17, 15) is 9.59 Å². The van der Waals surface area contributed by atoms with Crippen LogP contribution in [0.3, 0.4) is 0 Å². The molecular weight excluding hydrogens is 462 g/mol. The summed E-state index contributed by atoms with van der Waals surface area (Å²) in [5, 5.41) is 7.06. The number of halogens is 1. The van der Waals surface area contributed by atoms with Crippen molar-refractivity contribution in [1.82, 2.24) is 20.1 Å². The van der Waals surface area contributed by atoms with Crippen LogP contribution >= 0.6 is 15.9 Å². The number of anilines is 1. The molecule has 1 aromatic carbocycles. The molecule has 0 aliphatic rings. The topological polar surface area (TPSA) is 93.3 Å². The summed E-state index contributed by atoms with van der Waals surface area (Å²) in [6.45, 7) is 0.298. The lowest BCUT2D eigenvalue weighted by Crippen LogP contribution is -2.30. The van der Waals surface area contributed by atoms with Gasteiger partial charge in [-0.2, -0.15) is 5.10 Å².